The summed E-state index contributed by atoms with van der Waals surface area (Å²) in [6, 6.07) is 4.41. The van der Waals surface area contributed by atoms with Crippen LogP contribution in [0.4, 0.5) is 0 Å². The molecule has 6 heteroatoms. The van der Waals surface area contributed by atoms with Crippen LogP contribution in [0.5, 0.6) is 5.88 Å². The fourth-order valence-electron chi connectivity index (χ4n) is 2.30. The van der Waals surface area contributed by atoms with Crippen molar-refractivity contribution in [1.29, 1.82) is 0 Å². The molecule has 0 saturated carbocycles. The number of nitrogens with zero attached hydrogens (tertiary/aromatic N) is 2. The molecule has 1 aromatic heterocycles. The molecule has 1 aromatic rings. The largest absolute Gasteiger partial charge is 0.477 e. The molecule has 1 aliphatic carbocycles. The standard InChI is InChI=1S/C17H26N4O.HI/c1-3-4-12-22-16-14(8-7-11-19-16)13-20-17(18-2)21-15-9-5-6-10-15;/h5-8,11,15H,3-4,9-10,12-13H2,1-2H3,(H2,18,20,21);1H. The molecule has 1 aliphatic rings. The predicted molar refractivity (Wildman–Crippen MR) is 106 cm³/mol. The van der Waals surface area contributed by atoms with Gasteiger partial charge in [-0.2, -0.15) is 0 Å². The number of pyridine rings is 1. The van der Waals surface area contributed by atoms with Crippen LogP contribution in [-0.4, -0.2) is 30.6 Å². The SMILES string of the molecule is CCCCOc1ncccc1CNC(=NC)NC1CC=CC1.I. The Bertz CT molecular complexity index is 511. The number of rotatable bonds is 7. The van der Waals surface area contributed by atoms with Gasteiger partial charge in [0.1, 0.15) is 0 Å². The van der Waals surface area contributed by atoms with E-state index >= 15 is 0 Å². The molecular weight excluding hydrogens is 403 g/mol. The Morgan fingerprint density at radius 1 is 1.39 bits per heavy atom. The van der Waals surface area contributed by atoms with Crippen LogP contribution in [0.15, 0.2) is 35.5 Å². The Balaban J connectivity index is 0.00000264. The highest BCUT2D eigenvalue weighted by Crippen LogP contribution is 2.14. The van der Waals surface area contributed by atoms with Gasteiger partial charge in [0.2, 0.25) is 5.88 Å². The molecule has 0 aliphatic heterocycles. The van der Waals surface area contributed by atoms with Gasteiger partial charge in [-0.1, -0.05) is 31.6 Å². The minimum absolute atomic E-state index is 0. The van der Waals surface area contributed by atoms with Gasteiger partial charge in [-0.15, -0.1) is 24.0 Å². The lowest BCUT2D eigenvalue weighted by molar-refractivity contribution is 0.294. The molecular formula is C17H27IN4O. The van der Waals surface area contributed by atoms with E-state index in [9.17, 15) is 0 Å². The van der Waals surface area contributed by atoms with Gasteiger partial charge in [0, 0.05) is 31.4 Å². The van der Waals surface area contributed by atoms with Crippen LogP contribution >= 0.6 is 24.0 Å². The maximum atomic E-state index is 5.76. The molecule has 2 rings (SSSR count). The van der Waals surface area contributed by atoms with Crippen molar-refractivity contribution in [3.8, 4) is 5.88 Å². The lowest BCUT2D eigenvalue weighted by Gasteiger charge is -2.17. The molecule has 0 fully saturated rings. The first-order valence-corrected chi connectivity index (χ1v) is 8.02. The summed E-state index contributed by atoms with van der Waals surface area (Å²) in [6.45, 7) is 3.51. The van der Waals surface area contributed by atoms with E-state index in [1.807, 2.05) is 12.1 Å². The number of hydrogen-bond donors (Lipinski definition) is 2. The van der Waals surface area contributed by atoms with E-state index in [1.54, 1.807) is 13.2 Å². The average Bonchev–Trinajstić information content (AvgIpc) is 3.06. The van der Waals surface area contributed by atoms with Gasteiger partial charge in [-0.05, 0) is 25.3 Å². The second kappa shape index (κ2) is 11.3. The van der Waals surface area contributed by atoms with Crippen LogP contribution in [0, 0.1) is 0 Å². The van der Waals surface area contributed by atoms with Gasteiger partial charge in [-0.3, -0.25) is 4.99 Å². The summed E-state index contributed by atoms with van der Waals surface area (Å²) in [4.78, 5) is 8.60. The first-order chi connectivity index (χ1) is 10.8. The molecule has 5 nitrogen and oxygen atoms in total. The Morgan fingerprint density at radius 3 is 2.87 bits per heavy atom. The number of halogens is 1. The molecule has 0 unspecified atom stereocenters. The minimum atomic E-state index is 0. The molecule has 128 valence electrons. The maximum absolute atomic E-state index is 5.76. The van der Waals surface area contributed by atoms with E-state index < -0.39 is 0 Å². The Morgan fingerprint density at radius 2 is 2.17 bits per heavy atom. The van der Waals surface area contributed by atoms with E-state index in [0.717, 1.165) is 37.2 Å². The number of aromatic nitrogens is 1. The van der Waals surface area contributed by atoms with E-state index in [2.05, 4.69) is 39.7 Å². The van der Waals surface area contributed by atoms with Crippen molar-refractivity contribution in [2.45, 2.75) is 45.2 Å². The van der Waals surface area contributed by atoms with Crippen molar-refractivity contribution < 1.29 is 4.74 Å². The Labute approximate surface area is 156 Å². The van der Waals surface area contributed by atoms with Gasteiger partial charge >= 0.3 is 0 Å². The second-order valence-electron chi connectivity index (χ2n) is 5.38. The van der Waals surface area contributed by atoms with Crippen molar-refractivity contribution in [1.82, 2.24) is 15.6 Å². The van der Waals surface area contributed by atoms with Crippen molar-refractivity contribution in [2.75, 3.05) is 13.7 Å². The highest BCUT2D eigenvalue weighted by Gasteiger charge is 2.12. The lowest BCUT2D eigenvalue weighted by atomic mass is 10.2. The van der Waals surface area contributed by atoms with Crippen LogP contribution in [0.25, 0.3) is 0 Å². The van der Waals surface area contributed by atoms with Crippen LogP contribution in [0.3, 0.4) is 0 Å². The van der Waals surface area contributed by atoms with Gasteiger partial charge in [0.25, 0.3) is 0 Å². The second-order valence-corrected chi connectivity index (χ2v) is 5.38. The molecule has 0 saturated heterocycles. The number of hydrogen-bond acceptors (Lipinski definition) is 3. The molecule has 0 radical (unpaired) electrons. The molecule has 1 heterocycles. The van der Waals surface area contributed by atoms with Crippen molar-refractivity contribution in [2.24, 2.45) is 4.99 Å². The lowest BCUT2D eigenvalue weighted by Crippen LogP contribution is -2.42. The summed E-state index contributed by atoms with van der Waals surface area (Å²) in [5.41, 5.74) is 1.05. The minimum Gasteiger partial charge on any atom is -0.477 e. The summed E-state index contributed by atoms with van der Waals surface area (Å²) < 4.78 is 5.76. The fourth-order valence-corrected chi connectivity index (χ4v) is 2.30. The summed E-state index contributed by atoms with van der Waals surface area (Å²) in [5, 5.41) is 6.76. The molecule has 0 atom stereocenters. The Hall–Kier alpha value is -1.31. The number of guanidine groups is 1. The monoisotopic (exact) mass is 430 g/mol. The molecule has 0 aromatic carbocycles. The zero-order valence-electron chi connectivity index (χ0n) is 13.9. The van der Waals surface area contributed by atoms with Gasteiger partial charge in [0.15, 0.2) is 5.96 Å². The van der Waals surface area contributed by atoms with Gasteiger partial charge in [0.05, 0.1) is 6.61 Å². The van der Waals surface area contributed by atoms with Crippen LogP contribution in [0.1, 0.15) is 38.2 Å². The fraction of sp³-hybridized carbons (Fsp3) is 0.529. The quantitative estimate of drug-likeness (QED) is 0.229. The third kappa shape index (κ3) is 6.76. The molecule has 23 heavy (non-hydrogen) atoms. The highest BCUT2D eigenvalue weighted by molar-refractivity contribution is 14.0. The van der Waals surface area contributed by atoms with Crippen LogP contribution in [-0.2, 0) is 6.54 Å². The zero-order valence-corrected chi connectivity index (χ0v) is 16.2. The zero-order chi connectivity index (χ0) is 15.6. The molecule has 0 spiro atoms. The van der Waals surface area contributed by atoms with E-state index in [4.69, 9.17) is 4.74 Å². The summed E-state index contributed by atoms with van der Waals surface area (Å²) in [6.07, 6.45) is 10.4. The van der Waals surface area contributed by atoms with Crippen molar-refractivity contribution >= 4 is 29.9 Å². The summed E-state index contributed by atoms with van der Waals surface area (Å²) in [7, 11) is 1.79. The molecule has 2 N–H and O–H groups in total. The summed E-state index contributed by atoms with van der Waals surface area (Å²) >= 11 is 0. The van der Waals surface area contributed by atoms with Crippen molar-refractivity contribution in [3.63, 3.8) is 0 Å². The molecule has 0 amide bonds. The normalized spacial score (nSPS) is 14.4. The topological polar surface area (TPSA) is 58.5 Å². The van der Waals surface area contributed by atoms with E-state index in [-0.39, 0.29) is 24.0 Å². The van der Waals surface area contributed by atoms with Gasteiger partial charge < -0.3 is 15.4 Å². The van der Waals surface area contributed by atoms with Crippen molar-refractivity contribution in [3.05, 3.63) is 36.0 Å². The van der Waals surface area contributed by atoms with E-state index in [1.165, 1.54) is 0 Å². The predicted octanol–water partition coefficient (Wildman–Crippen LogP) is 3.26. The number of nitrogens with one attached hydrogen (secondary N) is 2. The third-order valence-corrected chi connectivity index (χ3v) is 3.61. The van der Waals surface area contributed by atoms with Gasteiger partial charge in [-0.25, -0.2) is 4.98 Å². The number of aliphatic imine (C=N–C) groups is 1. The third-order valence-electron chi connectivity index (χ3n) is 3.61. The first kappa shape index (κ1) is 19.7. The average molecular weight is 430 g/mol. The van der Waals surface area contributed by atoms with Crippen LogP contribution in [0.2, 0.25) is 0 Å². The maximum Gasteiger partial charge on any atom is 0.218 e. The number of unbranched alkanes of at least 4 members (excludes halogenated alkanes) is 1. The molecule has 0 bridgehead atoms. The van der Waals surface area contributed by atoms with Crippen LogP contribution < -0.4 is 15.4 Å². The highest BCUT2D eigenvalue weighted by atomic mass is 127. The number of ether oxygens (including phenoxy) is 1. The van der Waals surface area contributed by atoms with E-state index in [0.29, 0.717) is 25.1 Å². The summed E-state index contributed by atoms with van der Waals surface area (Å²) in [5.74, 6) is 1.53. The first-order valence-electron chi connectivity index (χ1n) is 8.02. The Kier molecular flexibility index (Phi) is 9.66. The smallest absolute Gasteiger partial charge is 0.218 e.